The van der Waals surface area contributed by atoms with E-state index in [1.807, 2.05) is 0 Å². The molecule has 24 heavy (non-hydrogen) atoms. The van der Waals surface area contributed by atoms with Crippen LogP contribution in [0.4, 0.5) is 0 Å². The van der Waals surface area contributed by atoms with Gasteiger partial charge in [-0.25, -0.2) is 0 Å². The molecule has 0 aromatic heterocycles. The molecule has 3 heteroatoms. The first kappa shape index (κ1) is 14.5. The second-order valence-electron chi connectivity index (χ2n) is 10.1. The van der Waals surface area contributed by atoms with E-state index < -0.39 is 5.60 Å². The van der Waals surface area contributed by atoms with Crippen LogP contribution >= 0.6 is 0 Å². The maximum atomic E-state index is 14.0. The molecular formula is C21H29NO2. The molecule has 7 atom stereocenters. The van der Waals surface area contributed by atoms with Crippen LogP contribution in [-0.2, 0) is 4.79 Å². The molecule has 4 aliphatic carbocycles. The fraction of sp³-hybridized carbons (Fsp3) is 0.857. The number of fused-ring (bicyclic) bond motifs is 1. The lowest BCUT2D eigenvalue weighted by Gasteiger charge is -2.59. The zero-order valence-electron chi connectivity index (χ0n) is 15.0. The number of Topliss-reactive ketones (excluding diaryl/α,β-unsaturated/α-hetero) is 1. The number of carbonyl (C=O) groups is 1. The fourth-order valence-electron chi connectivity index (χ4n) is 8.58. The van der Waals surface area contributed by atoms with E-state index in [1.54, 1.807) is 0 Å². The van der Waals surface area contributed by atoms with Crippen molar-refractivity contribution in [3.8, 4) is 0 Å². The number of nitrogens with zero attached hydrogens (tertiary/aromatic N) is 1. The predicted octanol–water partition coefficient (Wildman–Crippen LogP) is 2.93. The van der Waals surface area contributed by atoms with Crippen molar-refractivity contribution in [2.24, 2.45) is 28.6 Å². The molecular weight excluding hydrogens is 298 g/mol. The number of hydrogen-bond donors (Lipinski definition) is 1. The van der Waals surface area contributed by atoms with Crippen LogP contribution in [0.3, 0.4) is 0 Å². The standard InChI is InChI=1S/C21H29NO2/c1-12-10-22-11-14-4-3-13-5-6-20(24)7-8-21(17(13)20)18(23)15(12)9-16(22)19(14,21)2/h12,14-16,24H,3-11H2,1-2H3/t12-,14-,15-,16-,19-,20+,21+/m1/s1. The van der Waals surface area contributed by atoms with Crippen molar-refractivity contribution in [1.29, 1.82) is 0 Å². The van der Waals surface area contributed by atoms with Crippen LogP contribution in [0.1, 0.15) is 58.8 Å². The highest BCUT2D eigenvalue weighted by Gasteiger charge is 2.76. The number of allylic oxidation sites excluding steroid dienone is 1. The summed E-state index contributed by atoms with van der Waals surface area (Å²) in [7, 11) is 0. The molecule has 6 aliphatic rings. The number of carbonyl (C=O) groups excluding carboxylic acids is 1. The SMILES string of the molecule is C[C@@H]1CN2C[C@H]3CCC4=C5[C@](O)(CC4)CC[C@@]54C(=O)[C@@H]1C[C@@H]2[C@@]34C. The van der Waals surface area contributed by atoms with Gasteiger partial charge in [0.1, 0.15) is 5.78 Å². The van der Waals surface area contributed by atoms with Gasteiger partial charge in [-0.05, 0) is 62.4 Å². The number of rotatable bonds is 0. The smallest absolute Gasteiger partial charge is 0.147 e. The molecule has 2 heterocycles. The van der Waals surface area contributed by atoms with Gasteiger partial charge in [-0.2, -0.15) is 0 Å². The third-order valence-corrected chi connectivity index (χ3v) is 9.59. The molecule has 0 aromatic carbocycles. The van der Waals surface area contributed by atoms with Crippen LogP contribution < -0.4 is 0 Å². The normalized spacial score (nSPS) is 58.2. The van der Waals surface area contributed by atoms with E-state index in [0.717, 1.165) is 45.1 Å². The third kappa shape index (κ3) is 1.24. The van der Waals surface area contributed by atoms with Gasteiger partial charge in [0.15, 0.2) is 0 Å². The van der Waals surface area contributed by atoms with Crippen molar-refractivity contribution in [1.82, 2.24) is 4.90 Å². The molecule has 0 aromatic rings. The zero-order chi connectivity index (χ0) is 16.5. The van der Waals surface area contributed by atoms with E-state index in [-0.39, 0.29) is 16.7 Å². The minimum atomic E-state index is -0.648. The maximum Gasteiger partial charge on any atom is 0.147 e. The summed E-state index contributed by atoms with van der Waals surface area (Å²) in [5.41, 5.74) is 1.83. The van der Waals surface area contributed by atoms with Crippen molar-refractivity contribution in [2.75, 3.05) is 13.1 Å². The van der Waals surface area contributed by atoms with Crippen LogP contribution in [0.25, 0.3) is 0 Å². The summed E-state index contributed by atoms with van der Waals surface area (Å²) in [6, 6.07) is 0.566. The average molecular weight is 327 g/mol. The first-order chi connectivity index (χ1) is 11.4. The van der Waals surface area contributed by atoms with Gasteiger partial charge in [0.25, 0.3) is 0 Å². The van der Waals surface area contributed by atoms with Crippen molar-refractivity contribution in [3.63, 3.8) is 0 Å². The lowest BCUT2D eigenvalue weighted by atomic mass is 9.45. The van der Waals surface area contributed by atoms with Crippen molar-refractivity contribution >= 4 is 5.78 Å². The summed E-state index contributed by atoms with van der Waals surface area (Å²) in [6.07, 6.45) is 7.10. The summed E-state index contributed by atoms with van der Waals surface area (Å²) < 4.78 is 0. The second-order valence-corrected chi connectivity index (χ2v) is 10.1. The van der Waals surface area contributed by atoms with Gasteiger partial charge >= 0.3 is 0 Å². The van der Waals surface area contributed by atoms with E-state index in [2.05, 4.69) is 18.7 Å². The Morgan fingerprint density at radius 2 is 2.00 bits per heavy atom. The van der Waals surface area contributed by atoms with Gasteiger partial charge in [-0.1, -0.05) is 19.4 Å². The highest BCUT2D eigenvalue weighted by molar-refractivity contribution is 5.94. The van der Waals surface area contributed by atoms with Crippen LogP contribution in [0.5, 0.6) is 0 Å². The van der Waals surface area contributed by atoms with Crippen molar-refractivity contribution in [3.05, 3.63) is 11.1 Å². The molecule has 1 spiro atoms. The van der Waals surface area contributed by atoms with E-state index in [0.29, 0.717) is 23.7 Å². The molecule has 6 rings (SSSR count). The summed E-state index contributed by atoms with van der Waals surface area (Å²) in [6.45, 7) is 7.04. The molecule has 0 amide bonds. The largest absolute Gasteiger partial charge is 0.385 e. The summed E-state index contributed by atoms with van der Waals surface area (Å²) in [4.78, 5) is 16.7. The Hall–Kier alpha value is -0.670. The Bertz CT molecular complexity index is 698. The van der Waals surface area contributed by atoms with E-state index in [9.17, 15) is 9.90 Å². The van der Waals surface area contributed by atoms with Crippen LogP contribution in [0.2, 0.25) is 0 Å². The van der Waals surface area contributed by atoms with E-state index >= 15 is 0 Å². The van der Waals surface area contributed by atoms with Gasteiger partial charge < -0.3 is 5.11 Å². The Morgan fingerprint density at radius 3 is 2.83 bits per heavy atom. The zero-order valence-corrected chi connectivity index (χ0v) is 15.0. The lowest BCUT2D eigenvalue weighted by Crippen LogP contribution is -2.65. The lowest BCUT2D eigenvalue weighted by molar-refractivity contribution is -0.157. The number of piperidine rings is 1. The molecule has 2 bridgehead atoms. The maximum absolute atomic E-state index is 14.0. The molecule has 2 saturated heterocycles. The summed E-state index contributed by atoms with van der Waals surface area (Å²) in [5.74, 6) is 1.87. The average Bonchev–Trinajstić information content (AvgIpc) is 3.10. The van der Waals surface area contributed by atoms with Crippen LogP contribution in [0.15, 0.2) is 11.1 Å². The highest BCUT2D eigenvalue weighted by Crippen LogP contribution is 2.74. The predicted molar refractivity (Wildman–Crippen MR) is 91.3 cm³/mol. The first-order valence-corrected chi connectivity index (χ1v) is 10.2. The van der Waals surface area contributed by atoms with Crippen molar-refractivity contribution < 1.29 is 9.90 Å². The molecule has 1 N–H and O–H groups in total. The van der Waals surface area contributed by atoms with Gasteiger partial charge in [-0.3, -0.25) is 9.69 Å². The van der Waals surface area contributed by atoms with Gasteiger partial charge in [0.05, 0.1) is 11.0 Å². The molecule has 2 saturated carbocycles. The quantitative estimate of drug-likeness (QED) is 0.696. The summed E-state index contributed by atoms with van der Waals surface area (Å²) in [5, 5.41) is 11.4. The van der Waals surface area contributed by atoms with E-state index in [1.165, 1.54) is 24.1 Å². The first-order valence-electron chi connectivity index (χ1n) is 10.2. The topological polar surface area (TPSA) is 40.5 Å². The minimum absolute atomic E-state index is 0.0621. The number of ketones is 1. The second kappa shape index (κ2) is 4.01. The Kier molecular flexibility index (Phi) is 2.42. The third-order valence-electron chi connectivity index (χ3n) is 9.59. The van der Waals surface area contributed by atoms with Crippen LogP contribution in [-0.4, -0.2) is 40.5 Å². The fourth-order valence-corrected chi connectivity index (χ4v) is 8.58. The van der Waals surface area contributed by atoms with Gasteiger partial charge in [0, 0.05) is 30.5 Å². The highest BCUT2D eigenvalue weighted by atomic mass is 16.3. The Balaban J connectivity index is 1.67. The Labute approximate surface area is 144 Å². The van der Waals surface area contributed by atoms with Gasteiger partial charge in [0.2, 0.25) is 0 Å². The molecule has 0 unspecified atom stereocenters. The van der Waals surface area contributed by atoms with E-state index in [4.69, 9.17) is 0 Å². The van der Waals surface area contributed by atoms with Crippen molar-refractivity contribution in [2.45, 2.75) is 70.4 Å². The number of hydrogen-bond acceptors (Lipinski definition) is 3. The molecule has 0 radical (unpaired) electrons. The molecule has 4 fully saturated rings. The summed E-state index contributed by atoms with van der Waals surface area (Å²) >= 11 is 0. The van der Waals surface area contributed by atoms with Gasteiger partial charge in [-0.15, -0.1) is 0 Å². The Morgan fingerprint density at radius 1 is 1.17 bits per heavy atom. The molecule has 3 nitrogen and oxygen atoms in total. The minimum Gasteiger partial charge on any atom is -0.385 e. The monoisotopic (exact) mass is 327 g/mol. The van der Waals surface area contributed by atoms with Crippen LogP contribution in [0, 0.1) is 28.6 Å². The molecule has 2 aliphatic heterocycles. The number of aliphatic hydroxyl groups is 1. The molecule has 130 valence electrons.